The van der Waals surface area contributed by atoms with Gasteiger partial charge in [0, 0.05) is 11.8 Å². The third kappa shape index (κ3) is 2.24. The molecule has 0 aliphatic heterocycles. The topological polar surface area (TPSA) is 43.1 Å². The summed E-state index contributed by atoms with van der Waals surface area (Å²) in [6, 6.07) is 20.5. The third-order valence-corrected chi connectivity index (χ3v) is 5.49. The molecule has 3 heterocycles. The van der Waals surface area contributed by atoms with E-state index in [0.29, 0.717) is 5.78 Å². The van der Waals surface area contributed by atoms with E-state index in [2.05, 4.69) is 39.5 Å². The summed E-state index contributed by atoms with van der Waals surface area (Å²) in [6.45, 7) is 2.06. The summed E-state index contributed by atoms with van der Waals surface area (Å²) in [5.74, 6) is 0.716. The largest absolute Gasteiger partial charge is 0.275 e. The van der Waals surface area contributed by atoms with Gasteiger partial charge in [-0.15, -0.1) is 11.3 Å². The van der Waals surface area contributed by atoms with E-state index in [0.717, 1.165) is 37.9 Å². The van der Waals surface area contributed by atoms with Gasteiger partial charge in [0.05, 0.1) is 27.3 Å². The van der Waals surface area contributed by atoms with Gasteiger partial charge in [0.25, 0.3) is 0 Å². The van der Waals surface area contributed by atoms with Gasteiger partial charge < -0.3 is 0 Å². The van der Waals surface area contributed by atoms with Crippen molar-refractivity contribution in [2.45, 2.75) is 6.92 Å². The third-order valence-electron chi connectivity index (χ3n) is 4.26. The molecule has 120 valence electrons. The Morgan fingerprint density at radius 3 is 2.56 bits per heavy atom. The lowest BCUT2D eigenvalue weighted by Gasteiger charge is -2.04. The van der Waals surface area contributed by atoms with Crippen molar-refractivity contribution in [3.63, 3.8) is 0 Å². The quantitative estimate of drug-likeness (QED) is 0.454. The molecule has 4 nitrogen and oxygen atoms in total. The number of aromatic nitrogens is 4. The zero-order chi connectivity index (χ0) is 16.8. The van der Waals surface area contributed by atoms with Crippen molar-refractivity contribution >= 4 is 28.1 Å². The number of thiazole rings is 1. The van der Waals surface area contributed by atoms with Crippen molar-refractivity contribution in [1.29, 1.82) is 0 Å². The Bertz CT molecular complexity index is 1200. The van der Waals surface area contributed by atoms with Crippen LogP contribution in [0.1, 0.15) is 5.69 Å². The fraction of sp³-hybridized carbons (Fsp3) is 0.0500. The number of para-hydroxylation sites is 2. The Balaban J connectivity index is 1.78. The SMILES string of the molecule is Cc1nc(-c2ccccc2)sc1-c1ccnc2nc3ccccc3n12. The van der Waals surface area contributed by atoms with Crippen molar-refractivity contribution in [1.82, 2.24) is 19.4 Å². The van der Waals surface area contributed by atoms with E-state index >= 15 is 0 Å². The van der Waals surface area contributed by atoms with Crippen LogP contribution in [-0.2, 0) is 0 Å². The maximum Gasteiger partial charge on any atom is 0.235 e. The van der Waals surface area contributed by atoms with Crippen LogP contribution in [0.2, 0.25) is 0 Å². The van der Waals surface area contributed by atoms with Crippen molar-refractivity contribution in [3.05, 3.63) is 72.6 Å². The van der Waals surface area contributed by atoms with Gasteiger partial charge in [0.1, 0.15) is 5.01 Å². The summed E-state index contributed by atoms with van der Waals surface area (Å²) in [7, 11) is 0. The highest BCUT2D eigenvalue weighted by atomic mass is 32.1. The lowest BCUT2D eigenvalue weighted by atomic mass is 10.2. The number of hydrogen-bond acceptors (Lipinski definition) is 4. The summed E-state index contributed by atoms with van der Waals surface area (Å²) in [6.07, 6.45) is 1.82. The highest BCUT2D eigenvalue weighted by Gasteiger charge is 2.16. The van der Waals surface area contributed by atoms with Crippen LogP contribution in [0, 0.1) is 6.92 Å². The summed E-state index contributed by atoms with van der Waals surface area (Å²) >= 11 is 1.70. The first-order valence-electron chi connectivity index (χ1n) is 8.07. The molecule has 0 radical (unpaired) electrons. The minimum Gasteiger partial charge on any atom is -0.275 e. The van der Waals surface area contributed by atoms with Gasteiger partial charge in [0.2, 0.25) is 5.78 Å². The van der Waals surface area contributed by atoms with E-state index in [-0.39, 0.29) is 0 Å². The molecule has 25 heavy (non-hydrogen) atoms. The van der Waals surface area contributed by atoms with Crippen LogP contribution < -0.4 is 0 Å². The summed E-state index contributed by atoms with van der Waals surface area (Å²) < 4.78 is 2.12. The molecule has 0 aliphatic rings. The monoisotopic (exact) mass is 342 g/mol. The van der Waals surface area contributed by atoms with E-state index in [1.54, 1.807) is 11.3 Å². The molecule has 0 amide bonds. The number of rotatable bonds is 2. The second kappa shape index (κ2) is 5.50. The molecule has 5 rings (SSSR count). The van der Waals surface area contributed by atoms with Crippen LogP contribution in [0.15, 0.2) is 66.9 Å². The van der Waals surface area contributed by atoms with Gasteiger partial charge in [-0.1, -0.05) is 42.5 Å². The Kier molecular flexibility index (Phi) is 3.15. The van der Waals surface area contributed by atoms with E-state index in [1.165, 1.54) is 0 Å². The minimum absolute atomic E-state index is 0.716. The van der Waals surface area contributed by atoms with Crippen LogP contribution in [-0.4, -0.2) is 19.4 Å². The summed E-state index contributed by atoms with van der Waals surface area (Å²) in [5, 5.41) is 1.03. The number of nitrogens with zero attached hydrogens (tertiary/aromatic N) is 4. The minimum atomic E-state index is 0.716. The molecular formula is C20H14N4S. The van der Waals surface area contributed by atoms with Gasteiger partial charge >= 0.3 is 0 Å². The van der Waals surface area contributed by atoms with Crippen LogP contribution >= 0.6 is 11.3 Å². The van der Waals surface area contributed by atoms with Gasteiger partial charge in [-0.05, 0) is 25.1 Å². The van der Waals surface area contributed by atoms with E-state index in [4.69, 9.17) is 4.98 Å². The molecule has 3 aromatic heterocycles. The highest BCUT2D eigenvalue weighted by molar-refractivity contribution is 7.18. The molecule has 0 aliphatic carbocycles. The van der Waals surface area contributed by atoms with Crippen molar-refractivity contribution in [2.24, 2.45) is 0 Å². The first-order chi connectivity index (χ1) is 12.3. The second-order valence-corrected chi connectivity index (χ2v) is 6.86. The Morgan fingerprint density at radius 1 is 0.880 bits per heavy atom. The molecule has 5 heteroatoms. The fourth-order valence-corrected chi connectivity index (χ4v) is 4.19. The van der Waals surface area contributed by atoms with E-state index < -0.39 is 0 Å². The smallest absolute Gasteiger partial charge is 0.235 e. The second-order valence-electron chi connectivity index (χ2n) is 5.87. The summed E-state index contributed by atoms with van der Waals surface area (Å²) in [5.41, 5.74) is 5.26. The van der Waals surface area contributed by atoms with Gasteiger partial charge in [-0.25, -0.2) is 15.0 Å². The number of benzene rings is 2. The van der Waals surface area contributed by atoms with Crippen LogP contribution in [0.5, 0.6) is 0 Å². The first-order valence-corrected chi connectivity index (χ1v) is 8.88. The Morgan fingerprint density at radius 2 is 1.68 bits per heavy atom. The van der Waals surface area contributed by atoms with Gasteiger partial charge in [-0.3, -0.25) is 4.40 Å². The van der Waals surface area contributed by atoms with Crippen molar-refractivity contribution < 1.29 is 0 Å². The van der Waals surface area contributed by atoms with Gasteiger partial charge in [-0.2, -0.15) is 0 Å². The fourth-order valence-electron chi connectivity index (χ4n) is 3.10. The number of aryl methyl sites for hydroxylation is 1. The lowest BCUT2D eigenvalue weighted by molar-refractivity contribution is 1.14. The molecule has 0 fully saturated rings. The average Bonchev–Trinajstić information content (AvgIpc) is 3.23. The maximum atomic E-state index is 4.79. The number of imidazole rings is 1. The van der Waals surface area contributed by atoms with Crippen molar-refractivity contribution in [2.75, 3.05) is 0 Å². The van der Waals surface area contributed by atoms with Crippen molar-refractivity contribution in [3.8, 4) is 21.1 Å². The standard InChI is InChI=1S/C20H14N4S/c1-13-18(25-19(22-13)14-7-3-2-4-8-14)17-11-12-21-20-23-15-9-5-6-10-16(15)24(17)20/h2-12H,1H3. The molecule has 0 spiro atoms. The molecule has 0 atom stereocenters. The molecule has 0 saturated carbocycles. The van der Waals surface area contributed by atoms with Crippen LogP contribution in [0.4, 0.5) is 0 Å². The molecule has 0 N–H and O–H groups in total. The molecule has 2 aromatic carbocycles. The summed E-state index contributed by atoms with van der Waals surface area (Å²) in [4.78, 5) is 15.0. The predicted octanol–water partition coefficient (Wildman–Crippen LogP) is 4.98. The highest BCUT2D eigenvalue weighted by Crippen LogP contribution is 2.36. The molecule has 0 bridgehead atoms. The zero-order valence-electron chi connectivity index (χ0n) is 13.5. The van der Waals surface area contributed by atoms with E-state index in [1.807, 2.05) is 48.7 Å². The average molecular weight is 342 g/mol. The van der Waals surface area contributed by atoms with Gasteiger partial charge in [0.15, 0.2) is 0 Å². The molecule has 0 saturated heterocycles. The predicted molar refractivity (Wildman–Crippen MR) is 102 cm³/mol. The molecular weight excluding hydrogens is 328 g/mol. The number of hydrogen-bond donors (Lipinski definition) is 0. The Hall–Kier alpha value is -3.05. The van der Waals surface area contributed by atoms with Crippen LogP contribution in [0.3, 0.4) is 0 Å². The van der Waals surface area contributed by atoms with E-state index in [9.17, 15) is 0 Å². The van der Waals surface area contributed by atoms with Crippen LogP contribution in [0.25, 0.3) is 38.0 Å². The molecule has 5 aromatic rings. The Labute approximate surface area is 148 Å². The lowest BCUT2D eigenvalue weighted by Crippen LogP contribution is -1.93. The first kappa shape index (κ1) is 14.3. The molecule has 0 unspecified atom stereocenters. The maximum absolute atomic E-state index is 4.79. The number of fused-ring (bicyclic) bond motifs is 3. The zero-order valence-corrected chi connectivity index (χ0v) is 14.4. The normalized spacial score (nSPS) is 11.4.